The molecule has 0 saturated carbocycles. The number of ether oxygens (including phenoxy) is 2. The highest BCUT2D eigenvalue weighted by Gasteiger charge is 2.42. The summed E-state index contributed by atoms with van der Waals surface area (Å²) < 4.78 is 11.5. The molecule has 34 heavy (non-hydrogen) atoms. The molecule has 2 fully saturated rings. The van der Waals surface area contributed by atoms with Gasteiger partial charge in [0.15, 0.2) is 0 Å². The molecule has 5 rings (SSSR count). The quantitative estimate of drug-likeness (QED) is 0.742. The van der Waals surface area contributed by atoms with E-state index in [0.717, 1.165) is 42.1 Å². The lowest BCUT2D eigenvalue weighted by molar-refractivity contribution is -0.141. The molecule has 1 spiro atoms. The van der Waals surface area contributed by atoms with Crippen LogP contribution in [-0.4, -0.2) is 74.1 Å². The normalized spacial score (nSPS) is 20.9. The summed E-state index contributed by atoms with van der Waals surface area (Å²) in [4.78, 5) is 30.5. The molecule has 0 atom stereocenters. The summed E-state index contributed by atoms with van der Waals surface area (Å²) >= 11 is 0. The van der Waals surface area contributed by atoms with Crippen LogP contribution in [0.15, 0.2) is 48.5 Å². The van der Waals surface area contributed by atoms with Crippen molar-refractivity contribution in [3.63, 3.8) is 0 Å². The van der Waals surface area contributed by atoms with Gasteiger partial charge in [0.05, 0.1) is 25.2 Å². The number of nitrogens with one attached hydrogen (secondary N) is 1. The van der Waals surface area contributed by atoms with E-state index in [1.165, 1.54) is 0 Å². The van der Waals surface area contributed by atoms with Gasteiger partial charge in [0.2, 0.25) is 11.8 Å². The molecule has 2 aromatic rings. The standard InChI is InChI=1S/C27H33N3O4/c31-25(20-29-13-15-33-16-14-29)30-11-8-27(9-12-30)19-22-4-2-6-24(18-22)34-23-5-1-3-21(17-23)7-10-28-26(27)32/h1-6,17-18H,7-16,19-20H2,(H,28,32). The molecule has 3 aliphatic rings. The van der Waals surface area contributed by atoms with Gasteiger partial charge in [0.1, 0.15) is 11.5 Å². The second-order valence-corrected chi connectivity index (χ2v) is 9.63. The zero-order chi connectivity index (χ0) is 23.4. The summed E-state index contributed by atoms with van der Waals surface area (Å²) in [7, 11) is 0. The van der Waals surface area contributed by atoms with Gasteiger partial charge >= 0.3 is 0 Å². The minimum absolute atomic E-state index is 0.0921. The molecule has 1 N–H and O–H groups in total. The van der Waals surface area contributed by atoms with Gasteiger partial charge in [-0.2, -0.15) is 0 Å². The molecule has 0 radical (unpaired) electrons. The number of hydrogen-bond acceptors (Lipinski definition) is 5. The van der Waals surface area contributed by atoms with Crippen molar-refractivity contribution in [1.82, 2.24) is 15.1 Å². The fourth-order valence-electron chi connectivity index (χ4n) is 5.24. The lowest BCUT2D eigenvalue weighted by Crippen LogP contribution is -2.53. The van der Waals surface area contributed by atoms with Crippen LogP contribution in [0.5, 0.6) is 11.5 Å². The lowest BCUT2D eigenvalue weighted by Gasteiger charge is -2.41. The summed E-state index contributed by atoms with van der Waals surface area (Å²) in [6, 6.07) is 16.1. The molecule has 2 aromatic carbocycles. The predicted octanol–water partition coefficient (Wildman–Crippen LogP) is 2.63. The van der Waals surface area contributed by atoms with Crippen LogP contribution in [0.3, 0.4) is 0 Å². The Labute approximate surface area is 201 Å². The second-order valence-electron chi connectivity index (χ2n) is 9.63. The Hall–Kier alpha value is -2.90. The van der Waals surface area contributed by atoms with Crippen molar-refractivity contribution in [2.24, 2.45) is 5.41 Å². The maximum absolute atomic E-state index is 13.5. The Morgan fingerprint density at radius 2 is 1.62 bits per heavy atom. The minimum atomic E-state index is -0.527. The van der Waals surface area contributed by atoms with E-state index in [2.05, 4.69) is 22.3 Å². The molecule has 180 valence electrons. The van der Waals surface area contributed by atoms with Crippen molar-refractivity contribution in [3.8, 4) is 11.5 Å². The number of likely N-dealkylation sites (tertiary alicyclic amines) is 1. The van der Waals surface area contributed by atoms with Gasteiger partial charge in [-0.3, -0.25) is 14.5 Å². The lowest BCUT2D eigenvalue weighted by atomic mass is 9.72. The molecule has 0 aliphatic carbocycles. The van der Waals surface area contributed by atoms with Crippen LogP contribution in [0.4, 0.5) is 0 Å². The molecule has 0 aromatic heterocycles. The zero-order valence-electron chi connectivity index (χ0n) is 19.6. The van der Waals surface area contributed by atoms with Gasteiger partial charge in [-0.05, 0) is 61.1 Å². The fraction of sp³-hybridized carbons (Fsp3) is 0.481. The van der Waals surface area contributed by atoms with Gasteiger partial charge in [-0.1, -0.05) is 24.3 Å². The van der Waals surface area contributed by atoms with Crippen LogP contribution in [-0.2, 0) is 27.2 Å². The van der Waals surface area contributed by atoms with E-state index in [1.54, 1.807) is 0 Å². The monoisotopic (exact) mass is 463 g/mol. The number of fused-ring (bicyclic) bond motifs is 4. The van der Waals surface area contributed by atoms with Crippen LogP contribution in [0.25, 0.3) is 0 Å². The van der Waals surface area contributed by atoms with Gasteiger partial charge in [-0.25, -0.2) is 0 Å². The van der Waals surface area contributed by atoms with Crippen LogP contribution < -0.4 is 10.1 Å². The SMILES string of the molecule is O=C(CN1CCOCC1)N1CCC2(CC1)Cc1cccc(c1)Oc1cccc(c1)CCNC2=O. The number of carbonyl (C=O) groups is 2. The smallest absolute Gasteiger partial charge is 0.236 e. The third kappa shape index (κ3) is 5.26. The minimum Gasteiger partial charge on any atom is -0.457 e. The summed E-state index contributed by atoms with van der Waals surface area (Å²) in [5.74, 6) is 1.83. The molecular weight excluding hydrogens is 430 g/mol. The maximum atomic E-state index is 13.5. The van der Waals surface area contributed by atoms with E-state index in [-0.39, 0.29) is 11.8 Å². The second kappa shape index (κ2) is 10.2. The third-order valence-electron chi connectivity index (χ3n) is 7.29. The Kier molecular flexibility index (Phi) is 6.83. The van der Waals surface area contributed by atoms with Gasteiger partial charge in [0.25, 0.3) is 0 Å². The highest BCUT2D eigenvalue weighted by Crippen LogP contribution is 2.37. The highest BCUT2D eigenvalue weighted by atomic mass is 16.5. The van der Waals surface area contributed by atoms with Crippen molar-refractivity contribution in [3.05, 3.63) is 59.7 Å². The third-order valence-corrected chi connectivity index (χ3v) is 7.29. The predicted molar refractivity (Wildman–Crippen MR) is 129 cm³/mol. The number of rotatable bonds is 2. The van der Waals surface area contributed by atoms with Crippen molar-refractivity contribution in [2.45, 2.75) is 25.7 Å². The first-order valence-electron chi connectivity index (χ1n) is 12.3. The van der Waals surface area contributed by atoms with Crippen LogP contribution in [0, 0.1) is 5.41 Å². The van der Waals surface area contributed by atoms with E-state index in [1.807, 2.05) is 41.3 Å². The van der Waals surface area contributed by atoms with Crippen molar-refractivity contribution in [2.75, 3.05) is 52.5 Å². The van der Waals surface area contributed by atoms with Crippen molar-refractivity contribution in [1.29, 1.82) is 0 Å². The molecule has 2 amide bonds. The van der Waals surface area contributed by atoms with Crippen LogP contribution >= 0.6 is 0 Å². The average molecular weight is 464 g/mol. The summed E-state index contributed by atoms with van der Waals surface area (Å²) in [5, 5.41) is 3.20. The van der Waals surface area contributed by atoms with Gasteiger partial charge in [-0.15, -0.1) is 0 Å². The largest absolute Gasteiger partial charge is 0.457 e. The number of benzene rings is 2. The summed E-state index contributed by atoms with van der Waals surface area (Å²) in [6.07, 6.45) is 2.71. The summed E-state index contributed by atoms with van der Waals surface area (Å²) in [5.41, 5.74) is 1.68. The summed E-state index contributed by atoms with van der Waals surface area (Å²) in [6.45, 7) is 5.19. The number of nitrogens with zero attached hydrogens (tertiary/aromatic N) is 2. The Balaban J connectivity index is 1.32. The molecular formula is C27H33N3O4. The van der Waals surface area contributed by atoms with E-state index in [0.29, 0.717) is 58.7 Å². The Morgan fingerprint density at radius 3 is 2.35 bits per heavy atom. The first-order chi connectivity index (χ1) is 16.6. The fourth-order valence-corrected chi connectivity index (χ4v) is 5.24. The molecule has 0 unspecified atom stereocenters. The number of piperidine rings is 1. The molecule has 3 heterocycles. The Morgan fingerprint density at radius 1 is 0.941 bits per heavy atom. The first kappa shape index (κ1) is 22.9. The topological polar surface area (TPSA) is 71.1 Å². The van der Waals surface area contributed by atoms with Crippen LogP contribution in [0.1, 0.15) is 24.0 Å². The molecule has 3 aliphatic heterocycles. The number of morpholine rings is 1. The van der Waals surface area contributed by atoms with Crippen molar-refractivity contribution >= 4 is 11.8 Å². The van der Waals surface area contributed by atoms with Crippen LogP contribution in [0.2, 0.25) is 0 Å². The number of amides is 2. The van der Waals surface area contributed by atoms with Gasteiger partial charge < -0.3 is 19.7 Å². The zero-order valence-corrected chi connectivity index (χ0v) is 19.6. The Bertz CT molecular complexity index is 1030. The van der Waals surface area contributed by atoms with E-state index in [9.17, 15) is 9.59 Å². The number of hydrogen-bond donors (Lipinski definition) is 1. The first-order valence-corrected chi connectivity index (χ1v) is 12.3. The van der Waals surface area contributed by atoms with E-state index in [4.69, 9.17) is 9.47 Å². The van der Waals surface area contributed by atoms with E-state index >= 15 is 0 Å². The highest BCUT2D eigenvalue weighted by molar-refractivity contribution is 5.84. The average Bonchev–Trinajstić information content (AvgIpc) is 2.85. The maximum Gasteiger partial charge on any atom is 0.236 e. The van der Waals surface area contributed by atoms with E-state index < -0.39 is 5.41 Å². The molecule has 7 heteroatoms. The van der Waals surface area contributed by atoms with Crippen molar-refractivity contribution < 1.29 is 19.1 Å². The number of carbonyl (C=O) groups excluding carboxylic acids is 2. The van der Waals surface area contributed by atoms with Gasteiger partial charge in [0, 0.05) is 32.7 Å². The molecule has 4 bridgehead atoms. The molecule has 7 nitrogen and oxygen atoms in total. The molecule has 2 saturated heterocycles.